The van der Waals surface area contributed by atoms with Crippen molar-refractivity contribution in [3.8, 4) is 11.3 Å². The Kier molecular flexibility index (Phi) is 4.71. The van der Waals surface area contributed by atoms with Crippen LogP contribution in [0.2, 0.25) is 0 Å². The molecule has 0 fully saturated rings. The summed E-state index contributed by atoms with van der Waals surface area (Å²) in [7, 11) is 0. The van der Waals surface area contributed by atoms with Crippen LogP contribution in [-0.2, 0) is 0 Å². The van der Waals surface area contributed by atoms with E-state index in [4.69, 9.17) is 0 Å². The van der Waals surface area contributed by atoms with Gasteiger partial charge < -0.3 is 0 Å². The molecule has 0 aliphatic rings. The number of aromatic nitrogens is 5. The van der Waals surface area contributed by atoms with Crippen LogP contribution in [0.4, 0.5) is 0 Å². The molecule has 3 rings (SSSR count). The smallest absolute Gasteiger partial charge is 0.257 e. The first-order valence-electron chi connectivity index (χ1n) is 7.49. The van der Waals surface area contributed by atoms with Crippen molar-refractivity contribution in [1.29, 1.82) is 0 Å². The van der Waals surface area contributed by atoms with Crippen LogP contribution < -0.4 is 0 Å². The van der Waals surface area contributed by atoms with Gasteiger partial charge in [0, 0.05) is 11.3 Å². The summed E-state index contributed by atoms with van der Waals surface area (Å²) in [6.45, 7) is 5.75. The number of nitrogens with zero attached hydrogens (tertiary/aromatic N) is 5. The van der Waals surface area contributed by atoms with Crippen molar-refractivity contribution in [2.75, 3.05) is 5.75 Å². The molecular weight excluding hydrogens is 322 g/mol. The lowest BCUT2D eigenvalue weighted by Gasteiger charge is -2.03. The standard InChI is InChI=1S/C17H17N5OS/c1-11-4-6-14(7-5-11)15-9-18-17(20-19-15)24-10-16(23)22-13(3)8-12(2)21-22/h4-9H,10H2,1-3H3. The molecule has 0 N–H and O–H groups in total. The van der Waals surface area contributed by atoms with Crippen molar-refractivity contribution in [1.82, 2.24) is 25.0 Å². The van der Waals surface area contributed by atoms with Gasteiger partial charge in [-0.3, -0.25) is 4.79 Å². The number of carbonyl (C=O) groups is 1. The van der Waals surface area contributed by atoms with Crippen LogP contribution in [0.25, 0.3) is 11.3 Å². The second kappa shape index (κ2) is 6.92. The van der Waals surface area contributed by atoms with E-state index < -0.39 is 0 Å². The van der Waals surface area contributed by atoms with Gasteiger partial charge in [-0.05, 0) is 26.8 Å². The zero-order chi connectivity index (χ0) is 17.1. The van der Waals surface area contributed by atoms with Crippen molar-refractivity contribution < 1.29 is 4.79 Å². The zero-order valence-corrected chi connectivity index (χ0v) is 14.5. The Hall–Kier alpha value is -2.54. The molecule has 1 aromatic carbocycles. The van der Waals surface area contributed by atoms with Gasteiger partial charge in [0.25, 0.3) is 5.91 Å². The third-order valence-electron chi connectivity index (χ3n) is 3.46. The van der Waals surface area contributed by atoms with E-state index in [1.165, 1.54) is 22.0 Å². The molecule has 2 aromatic heterocycles. The van der Waals surface area contributed by atoms with Crippen LogP contribution >= 0.6 is 11.8 Å². The molecule has 0 radical (unpaired) electrons. The lowest BCUT2D eigenvalue weighted by Crippen LogP contribution is -2.16. The molecule has 7 heteroatoms. The van der Waals surface area contributed by atoms with Crippen molar-refractivity contribution in [2.24, 2.45) is 0 Å². The Morgan fingerprint density at radius 1 is 1.12 bits per heavy atom. The highest BCUT2D eigenvalue weighted by Gasteiger charge is 2.12. The number of rotatable bonds is 4. The lowest BCUT2D eigenvalue weighted by molar-refractivity contribution is 0.0924. The van der Waals surface area contributed by atoms with E-state index in [1.807, 2.05) is 51.1 Å². The Balaban J connectivity index is 1.65. The first kappa shape index (κ1) is 16.3. The van der Waals surface area contributed by atoms with Gasteiger partial charge in [-0.25, -0.2) is 9.67 Å². The summed E-state index contributed by atoms with van der Waals surface area (Å²) in [6, 6.07) is 9.89. The molecule has 6 nitrogen and oxygen atoms in total. The molecule has 0 aliphatic carbocycles. The molecule has 122 valence electrons. The molecule has 0 amide bonds. The summed E-state index contributed by atoms with van der Waals surface area (Å²) < 4.78 is 1.41. The summed E-state index contributed by atoms with van der Waals surface area (Å²) in [5, 5.41) is 12.9. The highest BCUT2D eigenvalue weighted by molar-refractivity contribution is 7.99. The molecule has 0 unspecified atom stereocenters. The number of hydrogen-bond donors (Lipinski definition) is 0. The molecule has 0 bridgehead atoms. The van der Waals surface area contributed by atoms with Crippen molar-refractivity contribution >= 4 is 17.7 Å². The van der Waals surface area contributed by atoms with Crippen LogP contribution in [0.5, 0.6) is 0 Å². The minimum atomic E-state index is -0.100. The predicted molar refractivity (Wildman–Crippen MR) is 93.1 cm³/mol. The average Bonchev–Trinajstić information content (AvgIpc) is 2.92. The van der Waals surface area contributed by atoms with Crippen LogP contribution in [-0.4, -0.2) is 36.6 Å². The Bertz CT molecular complexity index is 856. The average molecular weight is 339 g/mol. The van der Waals surface area contributed by atoms with E-state index in [9.17, 15) is 4.79 Å². The molecule has 2 heterocycles. The second-order valence-electron chi connectivity index (χ2n) is 5.51. The van der Waals surface area contributed by atoms with Gasteiger partial charge in [-0.2, -0.15) is 5.10 Å². The van der Waals surface area contributed by atoms with Crippen LogP contribution in [0.3, 0.4) is 0 Å². The maximum Gasteiger partial charge on any atom is 0.257 e. The molecule has 0 saturated carbocycles. The van der Waals surface area contributed by atoms with E-state index in [0.29, 0.717) is 10.9 Å². The molecule has 24 heavy (non-hydrogen) atoms. The van der Waals surface area contributed by atoms with Gasteiger partial charge in [-0.15, -0.1) is 10.2 Å². The van der Waals surface area contributed by atoms with E-state index in [2.05, 4.69) is 20.3 Å². The maximum atomic E-state index is 12.2. The Labute approximate surface area is 144 Å². The molecular formula is C17H17N5OS. The lowest BCUT2D eigenvalue weighted by atomic mass is 10.1. The number of thioether (sulfide) groups is 1. The quantitative estimate of drug-likeness (QED) is 0.680. The highest BCUT2D eigenvalue weighted by atomic mass is 32.2. The number of carbonyl (C=O) groups excluding carboxylic acids is 1. The van der Waals surface area contributed by atoms with Gasteiger partial charge >= 0.3 is 0 Å². The summed E-state index contributed by atoms with van der Waals surface area (Å²) >= 11 is 1.25. The fraction of sp³-hybridized carbons (Fsp3) is 0.235. The van der Waals surface area contributed by atoms with Crippen molar-refractivity contribution in [3.63, 3.8) is 0 Å². The fourth-order valence-corrected chi connectivity index (χ4v) is 2.86. The van der Waals surface area contributed by atoms with Gasteiger partial charge in [0.15, 0.2) is 0 Å². The minimum absolute atomic E-state index is 0.100. The van der Waals surface area contributed by atoms with Crippen LogP contribution in [0.1, 0.15) is 21.7 Å². The second-order valence-corrected chi connectivity index (χ2v) is 6.46. The topological polar surface area (TPSA) is 73.6 Å². The molecule has 0 spiro atoms. The highest BCUT2D eigenvalue weighted by Crippen LogP contribution is 2.18. The van der Waals surface area contributed by atoms with Crippen LogP contribution in [0, 0.1) is 20.8 Å². The first-order valence-corrected chi connectivity index (χ1v) is 8.47. The summed E-state index contributed by atoms with van der Waals surface area (Å²) in [5.41, 5.74) is 4.52. The van der Waals surface area contributed by atoms with Gasteiger partial charge in [0.05, 0.1) is 17.6 Å². The van der Waals surface area contributed by atoms with Crippen molar-refractivity contribution in [2.45, 2.75) is 25.9 Å². The van der Waals surface area contributed by atoms with Gasteiger partial charge in [-0.1, -0.05) is 41.6 Å². The summed E-state index contributed by atoms with van der Waals surface area (Å²) in [5.74, 6) is 0.116. The monoisotopic (exact) mass is 339 g/mol. The van der Waals surface area contributed by atoms with Crippen LogP contribution in [0.15, 0.2) is 41.7 Å². The first-order chi connectivity index (χ1) is 11.5. The Morgan fingerprint density at radius 3 is 2.46 bits per heavy atom. The summed E-state index contributed by atoms with van der Waals surface area (Å²) in [6.07, 6.45) is 1.67. The SMILES string of the molecule is Cc1ccc(-c2cnc(SCC(=O)n3nc(C)cc3C)nn2)cc1. The van der Waals surface area contributed by atoms with Crippen molar-refractivity contribution in [3.05, 3.63) is 53.5 Å². The molecule has 3 aromatic rings. The molecule has 0 aliphatic heterocycles. The third-order valence-corrected chi connectivity index (χ3v) is 4.30. The molecule has 0 atom stereocenters. The van der Waals surface area contributed by atoms with E-state index in [-0.39, 0.29) is 11.7 Å². The Morgan fingerprint density at radius 2 is 1.88 bits per heavy atom. The van der Waals surface area contributed by atoms with E-state index in [0.717, 1.165) is 17.0 Å². The number of aryl methyl sites for hydroxylation is 3. The fourth-order valence-electron chi connectivity index (χ4n) is 2.26. The predicted octanol–water partition coefficient (Wildman–Crippen LogP) is 3.09. The summed E-state index contributed by atoms with van der Waals surface area (Å²) in [4.78, 5) is 16.5. The van der Waals surface area contributed by atoms with E-state index >= 15 is 0 Å². The van der Waals surface area contributed by atoms with Gasteiger partial charge in [0.2, 0.25) is 5.16 Å². The minimum Gasteiger partial charge on any atom is -0.272 e. The largest absolute Gasteiger partial charge is 0.272 e. The molecule has 0 saturated heterocycles. The normalized spacial score (nSPS) is 10.8. The number of hydrogen-bond acceptors (Lipinski definition) is 6. The third kappa shape index (κ3) is 3.68. The zero-order valence-electron chi connectivity index (χ0n) is 13.7. The maximum absolute atomic E-state index is 12.2. The van der Waals surface area contributed by atoms with E-state index in [1.54, 1.807) is 6.20 Å². The number of benzene rings is 1. The van der Waals surface area contributed by atoms with Gasteiger partial charge in [0.1, 0.15) is 5.69 Å².